The minimum Gasteiger partial charge on any atom is -0.493 e. The molecule has 0 spiro atoms. The van der Waals surface area contributed by atoms with Crippen LogP contribution in [-0.2, 0) is 9.53 Å². The Morgan fingerprint density at radius 2 is 1.44 bits per heavy atom. The van der Waals surface area contributed by atoms with E-state index in [1.165, 1.54) is 83.1 Å². The highest BCUT2D eigenvalue weighted by Crippen LogP contribution is 2.31. The van der Waals surface area contributed by atoms with Crippen LogP contribution in [0.3, 0.4) is 0 Å². The predicted molar refractivity (Wildman–Crippen MR) is 135 cm³/mol. The molecule has 0 unspecified atom stereocenters. The highest BCUT2D eigenvalue weighted by Gasteiger charge is 2.20. The first kappa shape index (κ1) is 26.5. The van der Waals surface area contributed by atoms with Gasteiger partial charge in [0.25, 0.3) is 0 Å². The lowest BCUT2D eigenvalue weighted by Gasteiger charge is -2.27. The number of hydrogen-bond acceptors (Lipinski definition) is 3. The van der Waals surface area contributed by atoms with Crippen molar-refractivity contribution in [2.45, 2.75) is 104 Å². The van der Waals surface area contributed by atoms with Crippen LogP contribution in [0.2, 0.25) is 0 Å². The van der Waals surface area contributed by atoms with E-state index in [1.807, 2.05) is 30.3 Å². The fourth-order valence-corrected chi connectivity index (χ4v) is 4.49. The third-order valence-electron chi connectivity index (χ3n) is 6.81. The smallest absolute Gasteiger partial charge is 0.330 e. The van der Waals surface area contributed by atoms with Gasteiger partial charge in [-0.05, 0) is 54.9 Å². The molecule has 1 aromatic rings. The maximum absolute atomic E-state index is 11.9. The summed E-state index contributed by atoms with van der Waals surface area (Å²) in [4.78, 5) is 11.9. The van der Waals surface area contributed by atoms with E-state index in [0.717, 1.165) is 36.7 Å². The van der Waals surface area contributed by atoms with E-state index in [9.17, 15) is 4.79 Å². The molecule has 1 aromatic carbocycles. The molecule has 0 heterocycles. The van der Waals surface area contributed by atoms with Crippen LogP contribution in [0.15, 0.2) is 30.3 Å². The number of hydrogen-bond donors (Lipinski definition) is 0. The van der Waals surface area contributed by atoms with Crippen molar-refractivity contribution < 1.29 is 14.3 Å². The Bertz CT molecular complexity index is 626. The van der Waals surface area contributed by atoms with Crippen LogP contribution >= 0.6 is 0 Å². The topological polar surface area (TPSA) is 35.5 Å². The zero-order chi connectivity index (χ0) is 22.9. The summed E-state index contributed by atoms with van der Waals surface area (Å²) in [5.41, 5.74) is 0.987. The molecule has 0 saturated heterocycles. The van der Waals surface area contributed by atoms with Gasteiger partial charge in [0.2, 0.25) is 0 Å². The second-order valence-electron chi connectivity index (χ2n) is 9.50. The molecule has 32 heavy (non-hydrogen) atoms. The standard InChI is InChI=1S/C29H46O3/c1-3-5-6-7-8-9-10-11-12-23-31-29(30)22-19-26-17-20-28(21-18-26)32-24-27-15-13-25(4-2)14-16-27/h17-22,25,27H,3-16,23-24H2,1-2H3. The lowest BCUT2D eigenvalue weighted by Crippen LogP contribution is -2.19. The average molecular weight is 443 g/mol. The zero-order valence-electron chi connectivity index (χ0n) is 20.7. The van der Waals surface area contributed by atoms with Gasteiger partial charge in [-0.25, -0.2) is 4.79 Å². The molecule has 3 nitrogen and oxygen atoms in total. The summed E-state index contributed by atoms with van der Waals surface area (Å²) in [7, 11) is 0. The maximum Gasteiger partial charge on any atom is 0.330 e. The van der Waals surface area contributed by atoms with Crippen LogP contribution in [0, 0.1) is 11.8 Å². The summed E-state index contributed by atoms with van der Waals surface area (Å²) in [6, 6.07) is 7.97. The van der Waals surface area contributed by atoms with Gasteiger partial charge in [-0.2, -0.15) is 0 Å². The molecule has 0 N–H and O–H groups in total. The molecule has 1 fully saturated rings. The number of carbonyl (C=O) groups is 1. The number of ether oxygens (including phenoxy) is 2. The Morgan fingerprint density at radius 1 is 0.844 bits per heavy atom. The molecule has 2 rings (SSSR count). The van der Waals surface area contributed by atoms with Crippen LogP contribution in [0.25, 0.3) is 6.08 Å². The minimum atomic E-state index is -0.257. The van der Waals surface area contributed by atoms with E-state index in [0.29, 0.717) is 12.5 Å². The van der Waals surface area contributed by atoms with Gasteiger partial charge in [-0.15, -0.1) is 0 Å². The van der Waals surface area contributed by atoms with E-state index in [1.54, 1.807) is 0 Å². The molecule has 1 saturated carbocycles. The predicted octanol–water partition coefficient (Wildman–Crippen LogP) is 8.37. The van der Waals surface area contributed by atoms with Crippen molar-refractivity contribution in [2.24, 2.45) is 11.8 Å². The lowest BCUT2D eigenvalue weighted by atomic mass is 9.81. The van der Waals surface area contributed by atoms with E-state index < -0.39 is 0 Å². The monoisotopic (exact) mass is 442 g/mol. The Kier molecular flexibility index (Phi) is 13.9. The number of esters is 1. The molecule has 180 valence electrons. The summed E-state index contributed by atoms with van der Waals surface area (Å²) in [6.45, 7) is 5.89. The average Bonchev–Trinajstić information content (AvgIpc) is 2.83. The molecule has 0 atom stereocenters. The zero-order valence-corrected chi connectivity index (χ0v) is 20.7. The van der Waals surface area contributed by atoms with Crippen LogP contribution in [0.4, 0.5) is 0 Å². The molecule has 0 aliphatic heterocycles. The molecule has 0 bridgehead atoms. The van der Waals surface area contributed by atoms with E-state index in [-0.39, 0.29) is 5.97 Å². The number of rotatable bonds is 16. The van der Waals surface area contributed by atoms with Crippen LogP contribution in [-0.4, -0.2) is 19.2 Å². The van der Waals surface area contributed by atoms with Gasteiger partial charge in [-0.3, -0.25) is 0 Å². The number of benzene rings is 1. The second kappa shape index (κ2) is 16.8. The molecule has 0 aromatic heterocycles. The summed E-state index contributed by atoms with van der Waals surface area (Å²) in [6.07, 6.45) is 21.3. The molecule has 0 radical (unpaired) electrons. The van der Waals surface area contributed by atoms with E-state index in [4.69, 9.17) is 9.47 Å². The first-order valence-electron chi connectivity index (χ1n) is 13.3. The quantitative estimate of drug-likeness (QED) is 0.146. The molecule has 1 aliphatic carbocycles. The Hall–Kier alpha value is -1.77. The van der Waals surface area contributed by atoms with E-state index in [2.05, 4.69) is 13.8 Å². The Labute approximate surface area is 197 Å². The fraction of sp³-hybridized carbons (Fsp3) is 0.690. The first-order chi connectivity index (χ1) is 15.7. The minimum absolute atomic E-state index is 0.257. The molecule has 1 aliphatic rings. The van der Waals surface area contributed by atoms with Crippen molar-refractivity contribution >= 4 is 12.0 Å². The largest absolute Gasteiger partial charge is 0.493 e. The molecular weight excluding hydrogens is 396 g/mol. The maximum atomic E-state index is 11.9. The summed E-state index contributed by atoms with van der Waals surface area (Å²) in [5, 5.41) is 0. The number of carbonyl (C=O) groups excluding carboxylic acids is 1. The van der Waals surface area contributed by atoms with Crippen molar-refractivity contribution in [1.29, 1.82) is 0 Å². The molecule has 3 heteroatoms. The Morgan fingerprint density at radius 3 is 2.06 bits per heavy atom. The van der Waals surface area contributed by atoms with Crippen molar-refractivity contribution in [3.05, 3.63) is 35.9 Å². The van der Waals surface area contributed by atoms with Crippen molar-refractivity contribution in [3.8, 4) is 5.75 Å². The van der Waals surface area contributed by atoms with Gasteiger partial charge < -0.3 is 9.47 Å². The molecular formula is C29H46O3. The fourth-order valence-electron chi connectivity index (χ4n) is 4.49. The SMILES string of the molecule is CCCCCCCCCCCOC(=O)C=Cc1ccc(OCC2CCC(CC)CC2)cc1. The van der Waals surface area contributed by atoms with Crippen molar-refractivity contribution in [1.82, 2.24) is 0 Å². The van der Waals surface area contributed by atoms with Gasteiger partial charge in [0, 0.05) is 6.08 Å². The summed E-state index contributed by atoms with van der Waals surface area (Å²) in [5.74, 6) is 2.27. The van der Waals surface area contributed by atoms with Gasteiger partial charge in [0.05, 0.1) is 13.2 Å². The highest BCUT2D eigenvalue weighted by atomic mass is 16.5. The summed E-state index contributed by atoms with van der Waals surface area (Å²) < 4.78 is 11.3. The van der Waals surface area contributed by atoms with Gasteiger partial charge >= 0.3 is 5.97 Å². The molecule has 0 amide bonds. The Balaban J connectivity index is 1.53. The van der Waals surface area contributed by atoms with Crippen LogP contribution in [0.5, 0.6) is 5.75 Å². The first-order valence-corrected chi connectivity index (χ1v) is 13.3. The van der Waals surface area contributed by atoms with Crippen LogP contribution in [0.1, 0.15) is 109 Å². The number of unbranched alkanes of at least 4 members (excludes halogenated alkanes) is 8. The summed E-state index contributed by atoms with van der Waals surface area (Å²) >= 11 is 0. The van der Waals surface area contributed by atoms with Gasteiger partial charge in [0.1, 0.15) is 5.75 Å². The third kappa shape index (κ3) is 11.7. The van der Waals surface area contributed by atoms with Crippen molar-refractivity contribution in [3.63, 3.8) is 0 Å². The highest BCUT2D eigenvalue weighted by molar-refractivity contribution is 5.87. The van der Waals surface area contributed by atoms with Gasteiger partial charge in [-0.1, -0.05) is 96.6 Å². The van der Waals surface area contributed by atoms with Gasteiger partial charge in [0.15, 0.2) is 0 Å². The normalized spacial score (nSPS) is 18.7. The lowest BCUT2D eigenvalue weighted by molar-refractivity contribution is -0.137. The third-order valence-corrected chi connectivity index (χ3v) is 6.81. The van der Waals surface area contributed by atoms with E-state index >= 15 is 0 Å². The van der Waals surface area contributed by atoms with Crippen molar-refractivity contribution in [2.75, 3.05) is 13.2 Å². The second-order valence-corrected chi connectivity index (χ2v) is 9.50. The van der Waals surface area contributed by atoms with Crippen LogP contribution < -0.4 is 4.74 Å².